The van der Waals surface area contributed by atoms with Crippen LogP contribution in [0.4, 0.5) is 4.39 Å². The van der Waals surface area contributed by atoms with Crippen LogP contribution in [-0.4, -0.2) is 41.6 Å². The van der Waals surface area contributed by atoms with E-state index in [0.29, 0.717) is 24.3 Å². The third kappa shape index (κ3) is 4.00. The topological polar surface area (TPSA) is 60.8 Å². The monoisotopic (exact) mass is 438 g/mol. The molecule has 1 unspecified atom stereocenters. The Balaban J connectivity index is 1.96. The van der Waals surface area contributed by atoms with Crippen molar-refractivity contribution < 1.29 is 23.5 Å². The van der Waals surface area contributed by atoms with Crippen LogP contribution < -0.4 is 4.74 Å². The quantitative estimate of drug-likeness (QED) is 0.647. The number of fused-ring (bicyclic) bond motifs is 1. The Morgan fingerprint density at radius 1 is 1.33 bits per heavy atom. The Hall–Kier alpha value is -2.35. The molecule has 0 saturated carbocycles. The van der Waals surface area contributed by atoms with Gasteiger partial charge in [0.25, 0.3) is 5.91 Å². The first-order chi connectivity index (χ1) is 12.9. The van der Waals surface area contributed by atoms with E-state index in [2.05, 4.69) is 15.9 Å². The molecule has 2 aromatic rings. The fraction of sp³-hybridized carbons (Fsp3) is 0.368. The molecule has 0 aliphatic carbocycles. The Bertz CT molecular complexity index is 867. The van der Waals surface area contributed by atoms with E-state index in [4.69, 9.17) is 9.47 Å². The van der Waals surface area contributed by atoms with Crippen molar-refractivity contribution >= 4 is 27.8 Å². The lowest BCUT2D eigenvalue weighted by molar-refractivity contribution is -0.144. The zero-order chi connectivity index (χ0) is 19.6. The fourth-order valence-corrected chi connectivity index (χ4v) is 3.74. The summed E-state index contributed by atoms with van der Waals surface area (Å²) in [7, 11) is 1.38. The maximum absolute atomic E-state index is 14.2. The molecule has 3 rings (SSSR count). The smallest absolute Gasteiger partial charge is 0.308 e. The van der Waals surface area contributed by atoms with Crippen molar-refractivity contribution in [3.8, 4) is 5.75 Å². The molecule has 1 aromatic heterocycles. The lowest BCUT2D eigenvalue weighted by Gasteiger charge is -2.35. The van der Waals surface area contributed by atoms with Crippen molar-refractivity contribution in [2.45, 2.75) is 25.9 Å². The van der Waals surface area contributed by atoms with Gasteiger partial charge in [-0.15, -0.1) is 0 Å². The first-order valence-electron chi connectivity index (χ1n) is 8.60. The van der Waals surface area contributed by atoms with Gasteiger partial charge in [-0.1, -0.05) is 6.07 Å². The van der Waals surface area contributed by atoms with E-state index in [1.54, 1.807) is 24.0 Å². The van der Waals surface area contributed by atoms with E-state index in [1.807, 2.05) is 10.8 Å². The number of amides is 1. The SMILES string of the molecule is CCOC(=O)CC(c1ccc(OC)c(F)c1)N1CCn2cc(Br)cc2C1=O. The predicted molar refractivity (Wildman–Crippen MR) is 100 cm³/mol. The minimum atomic E-state index is -0.626. The van der Waals surface area contributed by atoms with E-state index in [-0.39, 0.29) is 24.7 Å². The van der Waals surface area contributed by atoms with Crippen LogP contribution in [0.25, 0.3) is 0 Å². The number of carbonyl (C=O) groups excluding carboxylic acids is 2. The summed E-state index contributed by atoms with van der Waals surface area (Å²) in [5.41, 5.74) is 1.05. The lowest BCUT2D eigenvalue weighted by atomic mass is 10.00. The third-order valence-corrected chi connectivity index (χ3v) is 4.96. The van der Waals surface area contributed by atoms with Gasteiger partial charge in [0.15, 0.2) is 11.6 Å². The summed E-state index contributed by atoms with van der Waals surface area (Å²) in [6.45, 7) is 2.96. The van der Waals surface area contributed by atoms with Crippen LogP contribution in [0.5, 0.6) is 5.75 Å². The third-order valence-electron chi connectivity index (χ3n) is 4.53. The van der Waals surface area contributed by atoms with Crippen LogP contribution in [-0.2, 0) is 16.1 Å². The van der Waals surface area contributed by atoms with E-state index in [1.165, 1.54) is 19.2 Å². The summed E-state index contributed by atoms with van der Waals surface area (Å²) < 4.78 is 26.9. The van der Waals surface area contributed by atoms with Gasteiger partial charge < -0.3 is 18.9 Å². The Morgan fingerprint density at radius 3 is 2.78 bits per heavy atom. The first kappa shape index (κ1) is 19.4. The highest BCUT2D eigenvalue weighted by Gasteiger charge is 2.33. The van der Waals surface area contributed by atoms with Crippen LogP contribution in [0.2, 0.25) is 0 Å². The van der Waals surface area contributed by atoms with Crippen molar-refractivity contribution in [2.24, 2.45) is 0 Å². The van der Waals surface area contributed by atoms with Gasteiger partial charge in [-0.05, 0) is 46.6 Å². The number of esters is 1. The molecule has 0 radical (unpaired) electrons. The van der Waals surface area contributed by atoms with E-state index >= 15 is 0 Å². The molecule has 27 heavy (non-hydrogen) atoms. The number of aromatic nitrogens is 1. The van der Waals surface area contributed by atoms with Crippen molar-refractivity contribution in [1.82, 2.24) is 9.47 Å². The molecule has 1 aromatic carbocycles. The van der Waals surface area contributed by atoms with Gasteiger partial charge in [0, 0.05) is 23.8 Å². The number of hydrogen-bond donors (Lipinski definition) is 0. The molecular weight excluding hydrogens is 419 g/mol. The van der Waals surface area contributed by atoms with Crippen molar-refractivity contribution in [3.05, 3.63) is 52.0 Å². The standard InChI is InChI=1S/C19H20BrFN2O4/c1-3-27-18(24)10-15(12-4-5-17(26-2)14(21)8-12)23-7-6-22-11-13(20)9-16(22)19(23)25/h4-5,8-9,11,15H,3,6-7,10H2,1-2H3. The fourth-order valence-electron chi connectivity index (χ4n) is 3.28. The molecule has 8 heteroatoms. The summed E-state index contributed by atoms with van der Waals surface area (Å²) in [4.78, 5) is 26.7. The van der Waals surface area contributed by atoms with Gasteiger partial charge in [-0.3, -0.25) is 9.59 Å². The van der Waals surface area contributed by atoms with E-state index in [9.17, 15) is 14.0 Å². The molecule has 144 valence electrons. The molecule has 0 N–H and O–H groups in total. The van der Waals surface area contributed by atoms with Crippen LogP contribution in [0.1, 0.15) is 35.4 Å². The molecule has 0 fully saturated rings. The van der Waals surface area contributed by atoms with Crippen LogP contribution in [0.15, 0.2) is 34.9 Å². The molecule has 1 aliphatic rings. The second-order valence-electron chi connectivity index (χ2n) is 6.15. The lowest BCUT2D eigenvalue weighted by Crippen LogP contribution is -2.43. The largest absolute Gasteiger partial charge is 0.494 e. The van der Waals surface area contributed by atoms with Gasteiger partial charge in [0.2, 0.25) is 0 Å². The van der Waals surface area contributed by atoms with Crippen LogP contribution in [0.3, 0.4) is 0 Å². The summed E-state index contributed by atoms with van der Waals surface area (Å²) >= 11 is 3.38. The van der Waals surface area contributed by atoms with Crippen molar-refractivity contribution in [1.29, 1.82) is 0 Å². The molecule has 0 saturated heterocycles. The minimum absolute atomic E-state index is 0.0484. The second-order valence-corrected chi connectivity index (χ2v) is 7.07. The number of benzene rings is 1. The summed E-state index contributed by atoms with van der Waals surface area (Å²) in [5.74, 6) is -1.08. The number of ether oxygens (including phenoxy) is 2. The summed E-state index contributed by atoms with van der Waals surface area (Å²) in [5, 5.41) is 0. The maximum Gasteiger partial charge on any atom is 0.308 e. The molecule has 1 aliphatic heterocycles. The first-order valence-corrected chi connectivity index (χ1v) is 9.39. The van der Waals surface area contributed by atoms with Gasteiger partial charge >= 0.3 is 5.97 Å². The molecule has 2 heterocycles. The summed E-state index contributed by atoms with van der Waals surface area (Å²) in [6.07, 6.45) is 1.80. The normalized spacial score (nSPS) is 14.7. The Labute approximate surface area is 165 Å². The number of rotatable bonds is 6. The number of nitrogens with zero attached hydrogens (tertiary/aromatic N) is 2. The van der Waals surface area contributed by atoms with Gasteiger partial charge in [0.1, 0.15) is 5.69 Å². The minimum Gasteiger partial charge on any atom is -0.494 e. The molecule has 1 amide bonds. The van der Waals surface area contributed by atoms with Crippen LogP contribution in [0, 0.1) is 5.82 Å². The van der Waals surface area contributed by atoms with Crippen molar-refractivity contribution in [2.75, 3.05) is 20.3 Å². The highest BCUT2D eigenvalue weighted by Crippen LogP contribution is 2.32. The number of hydrogen-bond acceptors (Lipinski definition) is 4. The molecule has 0 spiro atoms. The van der Waals surface area contributed by atoms with Gasteiger partial charge in [0.05, 0.1) is 26.2 Å². The number of halogens is 2. The van der Waals surface area contributed by atoms with E-state index in [0.717, 1.165) is 4.47 Å². The maximum atomic E-state index is 14.2. The van der Waals surface area contributed by atoms with Gasteiger partial charge in [-0.2, -0.15) is 0 Å². The van der Waals surface area contributed by atoms with E-state index < -0.39 is 17.8 Å². The number of carbonyl (C=O) groups is 2. The van der Waals surface area contributed by atoms with Crippen LogP contribution >= 0.6 is 15.9 Å². The average Bonchev–Trinajstić information content (AvgIpc) is 3.02. The Kier molecular flexibility index (Phi) is 5.84. The number of methoxy groups -OCH3 is 1. The second kappa shape index (κ2) is 8.12. The molecule has 1 atom stereocenters. The van der Waals surface area contributed by atoms with Crippen molar-refractivity contribution in [3.63, 3.8) is 0 Å². The van der Waals surface area contributed by atoms with Gasteiger partial charge in [-0.25, -0.2) is 4.39 Å². The molecule has 0 bridgehead atoms. The Morgan fingerprint density at radius 2 is 2.11 bits per heavy atom. The average molecular weight is 439 g/mol. The molecule has 6 nitrogen and oxygen atoms in total. The predicted octanol–water partition coefficient (Wildman–Crippen LogP) is 3.55. The zero-order valence-electron chi connectivity index (χ0n) is 15.1. The zero-order valence-corrected chi connectivity index (χ0v) is 16.7. The highest BCUT2D eigenvalue weighted by atomic mass is 79.9. The summed E-state index contributed by atoms with van der Waals surface area (Å²) in [6, 6.07) is 5.59. The highest BCUT2D eigenvalue weighted by molar-refractivity contribution is 9.10. The molecular formula is C19H20BrFN2O4.